The van der Waals surface area contributed by atoms with Gasteiger partial charge in [-0.15, -0.1) is 10.2 Å². The summed E-state index contributed by atoms with van der Waals surface area (Å²) in [5.74, 6) is 1.64. The van der Waals surface area contributed by atoms with Crippen molar-refractivity contribution in [3.63, 3.8) is 0 Å². The maximum absolute atomic E-state index is 13.1. The van der Waals surface area contributed by atoms with Crippen molar-refractivity contribution in [2.24, 2.45) is 0 Å². The van der Waals surface area contributed by atoms with Gasteiger partial charge in [0.1, 0.15) is 5.75 Å². The van der Waals surface area contributed by atoms with Gasteiger partial charge in [0.2, 0.25) is 5.91 Å². The molecule has 0 saturated heterocycles. The van der Waals surface area contributed by atoms with E-state index in [2.05, 4.69) is 17.1 Å². The van der Waals surface area contributed by atoms with Gasteiger partial charge >= 0.3 is 0 Å². The van der Waals surface area contributed by atoms with Crippen LogP contribution in [0.1, 0.15) is 20.8 Å². The Kier molecular flexibility index (Phi) is 6.93. The molecule has 152 valence electrons. The van der Waals surface area contributed by atoms with Crippen molar-refractivity contribution in [3.05, 3.63) is 54.6 Å². The standard InChI is InChI=1S/C22H26N4O2S/c1-5-25(18-10-8-7-9-11-18)21(27)16(3)29-22-24-23-20(26(22)6-2)17-12-14-19(28-4)15-13-17/h7-16H,5-6H2,1-4H3. The molecule has 3 rings (SSSR count). The lowest BCUT2D eigenvalue weighted by Gasteiger charge is -2.24. The summed E-state index contributed by atoms with van der Waals surface area (Å²) in [6, 6.07) is 17.5. The molecule has 29 heavy (non-hydrogen) atoms. The summed E-state index contributed by atoms with van der Waals surface area (Å²) in [5.41, 5.74) is 1.87. The number of anilines is 1. The highest BCUT2D eigenvalue weighted by Gasteiger charge is 2.24. The second-order valence-electron chi connectivity index (χ2n) is 6.46. The zero-order chi connectivity index (χ0) is 20.8. The lowest BCUT2D eigenvalue weighted by atomic mass is 10.2. The zero-order valence-electron chi connectivity index (χ0n) is 17.2. The molecule has 0 saturated carbocycles. The molecule has 0 aliphatic rings. The third-order valence-corrected chi connectivity index (χ3v) is 5.73. The number of para-hydroxylation sites is 1. The zero-order valence-corrected chi connectivity index (χ0v) is 18.0. The van der Waals surface area contributed by atoms with Gasteiger partial charge in [0, 0.05) is 24.3 Å². The molecular formula is C22H26N4O2S. The van der Waals surface area contributed by atoms with Gasteiger partial charge in [0.05, 0.1) is 12.4 Å². The van der Waals surface area contributed by atoms with Crippen molar-refractivity contribution in [1.29, 1.82) is 0 Å². The Bertz CT molecular complexity index is 941. The van der Waals surface area contributed by atoms with Gasteiger partial charge in [-0.1, -0.05) is 30.0 Å². The van der Waals surface area contributed by atoms with E-state index in [0.717, 1.165) is 28.0 Å². The maximum atomic E-state index is 13.1. The van der Waals surface area contributed by atoms with E-state index >= 15 is 0 Å². The Morgan fingerprint density at radius 2 is 1.79 bits per heavy atom. The fraction of sp³-hybridized carbons (Fsp3) is 0.318. The highest BCUT2D eigenvalue weighted by molar-refractivity contribution is 8.00. The van der Waals surface area contributed by atoms with E-state index in [4.69, 9.17) is 4.74 Å². The fourth-order valence-corrected chi connectivity index (χ4v) is 4.09. The normalized spacial score (nSPS) is 11.9. The summed E-state index contributed by atoms with van der Waals surface area (Å²) < 4.78 is 7.26. The number of ether oxygens (including phenoxy) is 1. The van der Waals surface area contributed by atoms with Crippen LogP contribution in [0, 0.1) is 0 Å². The maximum Gasteiger partial charge on any atom is 0.240 e. The summed E-state index contributed by atoms with van der Waals surface area (Å²) in [7, 11) is 1.64. The van der Waals surface area contributed by atoms with E-state index < -0.39 is 0 Å². The Balaban J connectivity index is 1.80. The fourth-order valence-electron chi connectivity index (χ4n) is 3.12. The molecule has 6 nitrogen and oxygen atoms in total. The number of nitrogens with zero attached hydrogens (tertiary/aromatic N) is 4. The number of hydrogen-bond donors (Lipinski definition) is 0. The molecule has 0 aliphatic heterocycles. The molecule has 0 spiro atoms. The molecule has 2 aromatic carbocycles. The monoisotopic (exact) mass is 410 g/mol. The molecule has 1 amide bonds. The van der Waals surface area contributed by atoms with Crippen LogP contribution in [0.4, 0.5) is 5.69 Å². The van der Waals surface area contributed by atoms with Crippen molar-refractivity contribution in [2.45, 2.75) is 37.7 Å². The Morgan fingerprint density at radius 1 is 1.10 bits per heavy atom. The molecule has 1 unspecified atom stereocenters. The van der Waals surface area contributed by atoms with E-state index in [9.17, 15) is 4.79 Å². The summed E-state index contributed by atoms with van der Waals surface area (Å²) >= 11 is 1.44. The van der Waals surface area contributed by atoms with Gasteiger partial charge in [0.25, 0.3) is 0 Å². The summed E-state index contributed by atoms with van der Waals surface area (Å²) in [5, 5.41) is 9.19. The van der Waals surface area contributed by atoms with E-state index in [1.54, 1.807) is 12.0 Å². The van der Waals surface area contributed by atoms with Crippen LogP contribution in [-0.2, 0) is 11.3 Å². The molecule has 7 heteroatoms. The first kappa shape index (κ1) is 20.9. The molecule has 1 atom stereocenters. The van der Waals surface area contributed by atoms with Gasteiger partial charge in [-0.05, 0) is 57.2 Å². The predicted molar refractivity (Wildman–Crippen MR) is 117 cm³/mol. The van der Waals surface area contributed by atoms with Crippen molar-refractivity contribution < 1.29 is 9.53 Å². The largest absolute Gasteiger partial charge is 0.497 e. The van der Waals surface area contributed by atoms with E-state index in [1.807, 2.05) is 73.0 Å². The molecule has 0 N–H and O–H groups in total. The first-order valence-electron chi connectivity index (χ1n) is 9.69. The molecule has 0 bridgehead atoms. The van der Waals surface area contributed by atoms with Crippen molar-refractivity contribution in [2.75, 3.05) is 18.6 Å². The van der Waals surface area contributed by atoms with Crippen LogP contribution in [0.2, 0.25) is 0 Å². The van der Waals surface area contributed by atoms with Crippen LogP contribution in [-0.4, -0.2) is 39.6 Å². The number of hydrogen-bond acceptors (Lipinski definition) is 5. The molecule has 1 aromatic heterocycles. The second-order valence-corrected chi connectivity index (χ2v) is 7.77. The van der Waals surface area contributed by atoms with Crippen LogP contribution in [0.15, 0.2) is 59.8 Å². The molecule has 0 radical (unpaired) electrons. The Labute approximate surface area is 175 Å². The summed E-state index contributed by atoms with van der Waals surface area (Å²) in [6.07, 6.45) is 0. The third-order valence-electron chi connectivity index (χ3n) is 4.66. The first-order valence-corrected chi connectivity index (χ1v) is 10.6. The number of thioether (sulfide) groups is 1. The molecular weight excluding hydrogens is 384 g/mol. The molecule has 0 fully saturated rings. The van der Waals surface area contributed by atoms with Crippen LogP contribution in [0.5, 0.6) is 5.75 Å². The molecule has 0 aliphatic carbocycles. The Hall–Kier alpha value is -2.80. The topological polar surface area (TPSA) is 60.3 Å². The van der Waals surface area contributed by atoms with E-state index in [0.29, 0.717) is 13.1 Å². The van der Waals surface area contributed by atoms with Crippen LogP contribution < -0.4 is 9.64 Å². The SMILES string of the molecule is CCN(C(=O)C(C)Sc1nnc(-c2ccc(OC)cc2)n1CC)c1ccccc1. The average molecular weight is 411 g/mol. The van der Waals surface area contributed by atoms with E-state index in [-0.39, 0.29) is 11.2 Å². The lowest BCUT2D eigenvalue weighted by molar-refractivity contribution is -0.117. The van der Waals surface area contributed by atoms with Crippen LogP contribution in [0.25, 0.3) is 11.4 Å². The average Bonchev–Trinajstić information content (AvgIpc) is 3.17. The number of amides is 1. The Morgan fingerprint density at radius 3 is 2.38 bits per heavy atom. The van der Waals surface area contributed by atoms with Gasteiger partial charge in [-0.3, -0.25) is 4.79 Å². The van der Waals surface area contributed by atoms with Crippen molar-refractivity contribution in [1.82, 2.24) is 14.8 Å². The summed E-state index contributed by atoms with van der Waals surface area (Å²) in [4.78, 5) is 14.9. The van der Waals surface area contributed by atoms with E-state index in [1.165, 1.54) is 11.8 Å². The van der Waals surface area contributed by atoms with Gasteiger partial charge in [-0.2, -0.15) is 0 Å². The smallest absolute Gasteiger partial charge is 0.240 e. The van der Waals surface area contributed by atoms with Crippen molar-refractivity contribution in [3.8, 4) is 17.1 Å². The lowest BCUT2D eigenvalue weighted by Crippen LogP contribution is -2.36. The minimum absolute atomic E-state index is 0.0559. The van der Waals surface area contributed by atoms with Gasteiger partial charge < -0.3 is 14.2 Å². The minimum Gasteiger partial charge on any atom is -0.497 e. The number of carbonyl (C=O) groups is 1. The van der Waals surface area contributed by atoms with Crippen LogP contribution in [0.3, 0.4) is 0 Å². The minimum atomic E-state index is -0.284. The second kappa shape index (κ2) is 9.60. The molecule has 3 aromatic rings. The number of carbonyl (C=O) groups excluding carboxylic acids is 1. The highest BCUT2D eigenvalue weighted by atomic mass is 32.2. The number of rotatable bonds is 8. The van der Waals surface area contributed by atoms with Gasteiger partial charge in [0.15, 0.2) is 11.0 Å². The summed E-state index contributed by atoms with van der Waals surface area (Å²) in [6.45, 7) is 7.29. The third kappa shape index (κ3) is 4.62. The number of methoxy groups -OCH3 is 1. The predicted octanol–water partition coefficient (Wildman–Crippen LogP) is 4.51. The quantitative estimate of drug-likeness (QED) is 0.512. The molecule has 1 heterocycles. The highest BCUT2D eigenvalue weighted by Crippen LogP contribution is 2.29. The number of benzene rings is 2. The first-order chi connectivity index (χ1) is 14.1. The number of aromatic nitrogens is 3. The van der Waals surface area contributed by atoms with Crippen LogP contribution >= 0.6 is 11.8 Å². The van der Waals surface area contributed by atoms with Crippen molar-refractivity contribution >= 4 is 23.4 Å². The van der Waals surface area contributed by atoms with Gasteiger partial charge in [-0.25, -0.2) is 0 Å².